The van der Waals surface area contributed by atoms with E-state index in [0.29, 0.717) is 24.6 Å². The second-order valence-electron chi connectivity index (χ2n) is 5.87. The van der Waals surface area contributed by atoms with Crippen LogP contribution in [0.5, 0.6) is 11.5 Å². The number of rotatable bonds is 10. The van der Waals surface area contributed by atoms with Crippen LogP contribution in [0, 0.1) is 22.7 Å². The van der Waals surface area contributed by atoms with Crippen molar-refractivity contribution in [1.82, 2.24) is 10.6 Å². The van der Waals surface area contributed by atoms with Crippen molar-refractivity contribution < 1.29 is 9.47 Å². The molecule has 0 aliphatic carbocycles. The Bertz CT molecular complexity index is 743. The number of nitriles is 2. The summed E-state index contributed by atoms with van der Waals surface area (Å²) in [6.45, 7) is 1.26. The highest BCUT2D eigenvalue weighted by atomic mass is 16.5. The molecule has 0 bridgehead atoms. The second-order valence-corrected chi connectivity index (χ2v) is 5.87. The van der Waals surface area contributed by atoms with Crippen LogP contribution in [-0.4, -0.2) is 27.3 Å². The lowest BCUT2D eigenvalue weighted by molar-refractivity contribution is 0.403. The van der Waals surface area contributed by atoms with Crippen molar-refractivity contribution in [2.75, 3.05) is 27.3 Å². The lowest BCUT2D eigenvalue weighted by Gasteiger charge is -2.17. The molecule has 0 aliphatic heterocycles. The standard InChI is InChI=1S/C21H24N4O2/c1-26-20-10-5-3-8-16(20)18(14-22)24-12-7-13-25-19(15-23)17-9-4-6-11-21(17)27-2/h3-6,8-11,18-19,24-25H,7,12-13H2,1-2H3/t18-,19-/m1/s1. The first kappa shape index (κ1) is 20.3. The minimum atomic E-state index is -0.442. The summed E-state index contributed by atoms with van der Waals surface area (Å²) >= 11 is 0. The fraction of sp³-hybridized carbons (Fsp3) is 0.333. The SMILES string of the molecule is COc1ccccc1[C@@H](C#N)NCCCN[C@H](C#N)c1ccccc1OC. The van der Waals surface area contributed by atoms with E-state index in [4.69, 9.17) is 9.47 Å². The van der Waals surface area contributed by atoms with Gasteiger partial charge in [-0.05, 0) is 31.6 Å². The Labute approximate surface area is 160 Å². The predicted octanol–water partition coefficient (Wildman–Crippen LogP) is 3.10. The summed E-state index contributed by atoms with van der Waals surface area (Å²) in [6.07, 6.45) is 0.765. The minimum Gasteiger partial charge on any atom is -0.496 e. The molecule has 0 radical (unpaired) electrons. The van der Waals surface area contributed by atoms with Gasteiger partial charge >= 0.3 is 0 Å². The van der Waals surface area contributed by atoms with Crippen molar-refractivity contribution in [2.45, 2.75) is 18.5 Å². The third-order valence-corrected chi connectivity index (χ3v) is 4.21. The maximum absolute atomic E-state index is 9.45. The maximum Gasteiger partial charge on any atom is 0.124 e. The summed E-state index contributed by atoms with van der Waals surface area (Å²) in [4.78, 5) is 0. The third kappa shape index (κ3) is 5.46. The summed E-state index contributed by atoms with van der Waals surface area (Å²) in [7, 11) is 3.19. The first-order valence-corrected chi connectivity index (χ1v) is 8.77. The van der Waals surface area contributed by atoms with Crippen molar-refractivity contribution in [3.8, 4) is 23.6 Å². The van der Waals surface area contributed by atoms with E-state index in [1.54, 1.807) is 14.2 Å². The minimum absolute atomic E-state index is 0.442. The maximum atomic E-state index is 9.45. The van der Waals surface area contributed by atoms with Gasteiger partial charge in [-0.1, -0.05) is 36.4 Å². The number of hydrogen-bond acceptors (Lipinski definition) is 6. The van der Waals surface area contributed by atoms with Gasteiger partial charge in [0.15, 0.2) is 0 Å². The fourth-order valence-electron chi connectivity index (χ4n) is 2.84. The molecule has 140 valence electrons. The van der Waals surface area contributed by atoms with E-state index in [9.17, 15) is 10.5 Å². The molecule has 2 aromatic carbocycles. The number of benzene rings is 2. The van der Waals surface area contributed by atoms with Crippen LogP contribution in [0.3, 0.4) is 0 Å². The fourth-order valence-corrected chi connectivity index (χ4v) is 2.84. The van der Waals surface area contributed by atoms with Crippen molar-refractivity contribution in [3.05, 3.63) is 59.7 Å². The summed E-state index contributed by atoms with van der Waals surface area (Å²) in [5.41, 5.74) is 1.64. The van der Waals surface area contributed by atoms with E-state index in [1.807, 2.05) is 48.5 Å². The molecule has 27 heavy (non-hydrogen) atoms. The Morgan fingerprint density at radius 3 is 1.56 bits per heavy atom. The molecule has 6 heteroatoms. The van der Waals surface area contributed by atoms with Crippen molar-refractivity contribution in [1.29, 1.82) is 10.5 Å². The van der Waals surface area contributed by atoms with Gasteiger partial charge in [-0.15, -0.1) is 0 Å². The average molecular weight is 364 g/mol. The Morgan fingerprint density at radius 2 is 1.19 bits per heavy atom. The normalized spacial score (nSPS) is 12.4. The molecule has 0 aromatic heterocycles. The number of ether oxygens (including phenoxy) is 2. The molecule has 0 aliphatic rings. The molecule has 0 unspecified atom stereocenters. The van der Waals surface area contributed by atoms with Gasteiger partial charge in [0.2, 0.25) is 0 Å². The largest absolute Gasteiger partial charge is 0.496 e. The Balaban J connectivity index is 1.85. The molecule has 0 heterocycles. The van der Waals surface area contributed by atoms with Crippen LogP contribution in [0.4, 0.5) is 0 Å². The van der Waals surface area contributed by atoms with Crippen LogP contribution in [0.25, 0.3) is 0 Å². The number of nitrogens with one attached hydrogen (secondary N) is 2. The van der Waals surface area contributed by atoms with E-state index in [2.05, 4.69) is 22.8 Å². The molecular formula is C21H24N4O2. The van der Waals surface area contributed by atoms with Gasteiger partial charge < -0.3 is 9.47 Å². The third-order valence-electron chi connectivity index (χ3n) is 4.21. The van der Waals surface area contributed by atoms with E-state index in [1.165, 1.54) is 0 Å². The van der Waals surface area contributed by atoms with Gasteiger partial charge in [-0.3, -0.25) is 10.6 Å². The predicted molar refractivity (Wildman–Crippen MR) is 103 cm³/mol. The van der Waals surface area contributed by atoms with Crippen LogP contribution in [-0.2, 0) is 0 Å². The lowest BCUT2D eigenvalue weighted by Crippen LogP contribution is -2.27. The Morgan fingerprint density at radius 1 is 0.778 bits per heavy atom. The van der Waals surface area contributed by atoms with Gasteiger partial charge in [0.1, 0.15) is 23.6 Å². The van der Waals surface area contributed by atoms with Crippen LogP contribution >= 0.6 is 0 Å². The van der Waals surface area contributed by atoms with Crippen LogP contribution in [0.15, 0.2) is 48.5 Å². The van der Waals surface area contributed by atoms with Gasteiger partial charge in [-0.25, -0.2) is 0 Å². The molecule has 0 saturated heterocycles. The van der Waals surface area contributed by atoms with Crippen molar-refractivity contribution >= 4 is 0 Å². The Kier molecular flexibility index (Phi) is 8.12. The number of methoxy groups -OCH3 is 2. The number of para-hydroxylation sites is 2. The molecule has 2 aromatic rings. The summed E-state index contributed by atoms with van der Waals surface area (Å²) in [6, 6.07) is 18.6. The topological polar surface area (TPSA) is 90.1 Å². The van der Waals surface area contributed by atoms with Crippen molar-refractivity contribution in [2.24, 2.45) is 0 Å². The first-order valence-electron chi connectivity index (χ1n) is 8.77. The highest BCUT2D eigenvalue weighted by molar-refractivity contribution is 5.39. The first-order chi connectivity index (χ1) is 13.2. The summed E-state index contributed by atoms with van der Waals surface area (Å²) in [5.74, 6) is 1.38. The van der Waals surface area contributed by atoms with E-state index >= 15 is 0 Å². The summed E-state index contributed by atoms with van der Waals surface area (Å²) in [5, 5.41) is 25.3. The van der Waals surface area contributed by atoms with Gasteiger partial charge in [0.05, 0.1) is 26.4 Å². The van der Waals surface area contributed by atoms with Gasteiger partial charge in [0.25, 0.3) is 0 Å². The van der Waals surface area contributed by atoms with Crippen LogP contribution in [0.1, 0.15) is 29.6 Å². The van der Waals surface area contributed by atoms with Crippen LogP contribution < -0.4 is 20.1 Å². The quantitative estimate of drug-likeness (QED) is 0.630. The average Bonchev–Trinajstić information content (AvgIpc) is 2.73. The molecular weight excluding hydrogens is 340 g/mol. The zero-order chi connectivity index (χ0) is 19.5. The summed E-state index contributed by atoms with van der Waals surface area (Å²) < 4.78 is 10.6. The van der Waals surface area contributed by atoms with E-state index < -0.39 is 12.1 Å². The zero-order valence-electron chi connectivity index (χ0n) is 15.6. The Hall–Kier alpha value is -3.06. The molecule has 0 saturated carbocycles. The van der Waals surface area contributed by atoms with Gasteiger partial charge in [0, 0.05) is 11.1 Å². The molecule has 2 N–H and O–H groups in total. The second kappa shape index (κ2) is 10.8. The van der Waals surface area contributed by atoms with E-state index in [-0.39, 0.29) is 0 Å². The molecule has 2 rings (SSSR count). The molecule has 6 nitrogen and oxygen atoms in total. The lowest BCUT2D eigenvalue weighted by atomic mass is 10.1. The van der Waals surface area contributed by atoms with E-state index in [0.717, 1.165) is 17.5 Å². The number of nitrogens with zero attached hydrogens (tertiary/aromatic N) is 2. The molecule has 2 atom stereocenters. The smallest absolute Gasteiger partial charge is 0.124 e. The molecule has 0 spiro atoms. The monoisotopic (exact) mass is 364 g/mol. The van der Waals surface area contributed by atoms with Gasteiger partial charge in [-0.2, -0.15) is 10.5 Å². The highest BCUT2D eigenvalue weighted by Gasteiger charge is 2.16. The van der Waals surface area contributed by atoms with Crippen molar-refractivity contribution in [3.63, 3.8) is 0 Å². The molecule has 0 amide bonds. The molecule has 0 fully saturated rings. The zero-order valence-corrected chi connectivity index (χ0v) is 15.6. The number of hydrogen-bond donors (Lipinski definition) is 2. The highest BCUT2D eigenvalue weighted by Crippen LogP contribution is 2.25. The van der Waals surface area contributed by atoms with Crippen LogP contribution in [0.2, 0.25) is 0 Å².